The van der Waals surface area contributed by atoms with Crippen LogP contribution < -0.4 is 10.6 Å². The quantitative estimate of drug-likeness (QED) is 0.340. The molecule has 7 heteroatoms. The molecule has 2 N–H and O–H groups in total. The van der Waals surface area contributed by atoms with Crippen molar-refractivity contribution in [3.05, 3.63) is 94.3 Å². The van der Waals surface area contributed by atoms with Crippen molar-refractivity contribution in [2.24, 2.45) is 0 Å². The minimum Gasteiger partial charge on any atom is -0.352 e. The van der Waals surface area contributed by atoms with Gasteiger partial charge in [0, 0.05) is 29.2 Å². The van der Waals surface area contributed by atoms with E-state index in [-0.39, 0.29) is 18.4 Å². The fourth-order valence-corrected chi connectivity index (χ4v) is 4.16. The zero-order chi connectivity index (χ0) is 24.1. The van der Waals surface area contributed by atoms with Gasteiger partial charge in [0.1, 0.15) is 12.4 Å². The van der Waals surface area contributed by atoms with E-state index in [9.17, 15) is 9.59 Å². The Bertz CT molecular complexity index is 1310. The van der Waals surface area contributed by atoms with Crippen molar-refractivity contribution in [2.45, 2.75) is 33.2 Å². The molecule has 2 amide bonds. The zero-order valence-corrected chi connectivity index (χ0v) is 20.0. The van der Waals surface area contributed by atoms with E-state index in [0.717, 1.165) is 33.7 Å². The molecule has 0 saturated carbocycles. The van der Waals surface area contributed by atoms with Gasteiger partial charge in [-0.15, -0.1) is 0 Å². The number of hydrogen-bond donors (Lipinski definition) is 2. The van der Waals surface area contributed by atoms with E-state index >= 15 is 0 Å². The summed E-state index contributed by atoms with van der Waals surface area (Å²) in [5.74, 6) is 0.570. The summed E-state index contributed by atoms with van der Waals surface area (Å²) >= 11 is 5.88. The molecule has 0 aliphatic heterocycles. The summed E-state index contributed by atoms with van der Waals surface area (Å²) in [4.78, 5) is 29.9. The molecule has 0 aliphatic rings. The Morgan fingerprint density at radius 1 is 0.971 bits per heavy atom. The Balaban J connectivity index is 1.42. The molecule has 0 unspecified atom stereocenters. The molecule has 6 nitrogen and oxygen atoms in total. The summed E-state index contributed by atoms with van der Waals surface area (Å²) in [6.45, 7) is 4.69. The Morgan fingerprint density at radius 3 is 2.41 bits per heavy atom. The number of nitrogens with zero attached hydrogens (tertiary/aromatic N) is 2. The van der Waals surface area contributed by atoms with Crippen LogP contribution in [0.3, 0.4) is 0 Å². The van der Waals surface area contributed by atoms with Crippen LogP contribution in [0.15, 0.2) is 66.7 Å². The standard InChI is InChI=1S/C27H27ClN4O2/c1-18-14-19(2)16-22(15-18)30-26(33)17-32-24-7-4-3-6-23(24)31-25(32)8-5-13-29-27(34)20-9-11-21(28)12-10-20/h3-4,6-7,9-12,14-16H,5,8,13,17H2,1-2H3,(H,29,34)(H,30,33). The van der Waals surface area contributed by atoms with E-state index in [1.54, 1.807) is 24.3 Å². The zero-order valence-electron chi connectivity index (χ0n) is 19.3. The van der Waals surface area contributed by atoms with Crippen LogP contribution in [0.1, 0.15) is 33.7 Å². The minimum atomic E-state index is -0.141. The maximum absolute atomic E-state index is 12.9. The normalized spacial score (nSPS) is 10.9. The lowest BCUT2D eigenvalue weighted by atomic mass is 10.1. The second kappa shape index (κ2) is 10.5. The third-order valence-electron chi connectivity index (χ3n) is 5.51. The number of para-hydroxylation sites is 2. The SMILES string of the molecule is Cc1cc(C)cc(NC(=O)Cn2c(CCCNC(=O)c3ccc(Cl)cc3)nc3ccccc32)c1. The molecule has 3 aromatic carbocycles. The van der Waals surface area contributed by atoms with Crippen molar-refractivity contribution in [3.8, 4) is 0 Å². The average Bonchev–Trinajstić information content (AvgIpc) is 3.13. The Kier molecular flexibility index (Phi) is 7.28. The van der Waals surface area contributed by atoms with Crippen LogP contribution in [0.2, 0.25) is 5.02 Å². The monoisotopic (exact) mass is 474 g/mol. The van der Waals surface area contributed by atoms with Crippen molar-refractivity contribution in [1.29, 1.82) is 0 Å². The van der Waals surface area contributed by atoms with Crippen LogP contribution in [0.4, 0.5) is 5.69 Å². The third kappa shape index (κ3) is 5.83. The van der Waals surface area contributed by atoms with Crippen LogP contribution in [0, 0.1) is 13.8 Å². The summed E-state index contributed by atoms with van der Waals surface area (Å²) in [6.07, 6.45) is 1.33. The molecule has 1 aromatic heterocycles. The molecule has 0 saturated heterocycles. The van der Waals surface area contributed by atoms with Crippen molar-refractivity contribution >= 4 is 40.1 Å². The van der Waals surface area contributed by atoms with Crippen molar-refractivity contribution in [1.82, 2.24) is 14.9 Å². The first-order valence-corrected chi connectivity index (χ1v) is 11.6. The summed E-state index contributed by atoms with van der Waals surface area (Å²) in [5, 5.41) is 6.53. The number of benzene rings is 3. The van der Waals surface area contributed by atoms with Crippen molar-refractivity contribution in [3.63, 3.8) is 0 Å². The number of anilines is 1. The number of halogens is 1. The third-order valence-corrected chi connectivity index (χ3v) is 5.76. The lowest BCUT2D eigenvalue weighted by Crippen LogP contribution is -2.25. The first-order valence-electron chi connectivity index (χ1n) is 11.2. The second-order valence-corrected chi connectivity index (χ2v) is 8.83. The van der Waals surface area contributed by atoms with Crippen LogP contribution in [0.5, 0.6) is 0 Å². The topological polar surface area (TPSA) is 76.0 Å². The number of carbonyl (C=O) groups excluding carboxylic acids is 2. The summed E-state index contributed by atoms with van der Waals surface area (Å²) in [5.41, 5.74) is 5.33. The van der Waals surface area contributed by atoms with Crippen LogP contribution in [-0.2, 0) is 17.8 Å². The molecule has 0 atom stereocenters. The van der Waals surface area contributed by atoms with Crippen LogP contribution >= 0.6 is 11.6 Å². The molecule has 0 fully saturated rings. The Hall–Kier alpha value is -3.64. The van der Waals surface area contributed by atoms with Gasteiger partial charge in [-0.2, -0.15) is 0 Å². The predicted octanol–water partition coefficient (Wildman–Crippen LogP) is 5.31. The molecule has 0 spiro atoms. The lowest BCUT2D eigenvalue weighted by Gasteiger charge is -2.11. The van der Waals surface area contributed by atoms with E-state index in [0.29, 0.717) is 30.0 Å². The molecule has 0 radical (unpaired) electrons. The number of hydrogen-bond acceptors (Lipinski definition) is 3. The molecule has 4 rings (SSSR count). The molecule has 0 bridgehead atoms. The molecule has 34 heavy (non-hydrogen) atoms. The molecule has 4 aromatic rings. The fourth-order valence-electron chi connectivity index (χ4n) is 4.04. The average molecular weight is 475 g/mol. The highest BCUT2D eigenvalue weighted by atomic mass is 35.5. The first kappa shape index (κ1) is 23.5. The highest BCUT2D eigenvalue weighted by Gasteiger charge is 2.14. The van der Waals surface area contributed by atoms with E-state index in [2.05, 4.69) is 16.7 Å². The summed E-state index contributed by atoms with van der Waals surface area (Å²) in [7, 11) is 0. The highest BCUT2D eigenvalue weighted by Crippen LogP contribution is 2.19. The highest BCUT2D eigenvalue weighted by molar-refractivity contribution is 6.30. The van der Waals surface area contributed by atoms with Gasteiger partial charge >= 0.3 is 0 Å². The Morgan fingerprint density at radius 2 is 1.68 bits per heavy atom. The van der Waals surface area contributed by atoms with Gasteiger partial charge in [-0.1, -0.05) is 29.8 Å². The second-order valence-electron chi connectivity index (χ2n) is 8.39. The van der Waals surface area contributed by atoms with Gasteiger partial charge in [-0.25, -0.2) is 4.98 Å². The number of aromatic nitrogens is 2. The van der Waals surface area contributed by atoms with Gasteiger partial charge in [-0.3, -0.25) is 9.59 Å². The molecule has 1 heterocycles. The van der Waals surface area contributed by atoms with Gasteiger partial charge in [0.25, 0.3) is 5.91 Å². The molecule has 0 aliphatic carbocycles. The van der Waals surface area contributed by atoms with Gasteiger partial charge < -0.3 is 15.2 Å². The van der Waals surface area contributed by atoms with Gasteiger partial charge in [0.2, 0.25) is 5.91 Å². The number of rotatable bonds is 8. The van der Waals surface area contributed by atoms with Crippen LogP contribution in [0.25, 0.3) is 11.0 Å². The van der Waals surface area contributed by atoms with Gasteiger partial charge in [0.05, 0.1) is 11.0 Å². The predicted molar refractivity (Wildman–Crippen MR) is 136 cm³/mol. The number of amides is 2. The largest absolute Gasteiger partial charge is 0.352 e. The van der Waals surface area contributed by atoms with Gasteiger partial charge in [-0.05, 0) is 79.9 Å². The number of aryl methyl sites for hydroxylation is 3. The molecule has 174 valence electrons. The first-order chi connectivity index (χ1) is 16.4. The maximum Gasteiger partial charge on any atom is 0.251 e. The van der Waals surface area contributed by atoms with Crippen molar-refractivity contribution in [2.75, 3.05) is 11.9 Å². The van der Waals surface area contributed by atoms with E-state index in [4.69, 9.17) is 16.6 Å². The van der Waals surface area contributed by atoms with Crippen LogP contribution in [-0.4, -0.2) is 27.9 Å². The van der Waals surface area contributed by atoms with E-state index < -0.39 is 0 Å². The van der Waals surface area contributed by atoms with Crippen molar-refractivity contribution < 1.29 is 9.59 Å². The summed E-state index contributed by atoms with van der Waals surface area (Å²) < 4.78 is 1.95. The fraction of sp³-hybridized carbons (Fsp3) is 0.222. The molecular formula is C27H27ClN4O2. The smallest absolute Gasteiger partial charge is 0.251 e. The van der Waals surface area contributed by atoms with E-state index in [1.165, 1.54) is 0 Å². The van der Waals surface area contributed by atoms with Gasteiger partial charge in [0.15, 0.2) is 0 Å². The molecular weight excluding hydrogens is 448 g/mol. The number of nitrogens with one attached hydrogen (secondary N) is 2. The number of carbonyl (C=O) groups is 2. The summed E-state index contributed by atoms with van der Waals surface area (Å²) in [6, 6.07) is 20.6. The Labute approximate surface area is 204 Å². The van der Waals surface area contributed by atoms with E-state index in [1.807, 2.05) is 54.8 Å². The number of imidazole rings is 1. The lowest BCUT2D eigenvalue weighted by molar-refractivity contribution is -0.116. The number of fused-ring (bicyclic) bond motifs is 1. The maximum atomic E-state index is 12.9. The minimum absolute atomic E-state index is 0.106.